The number of ether oxygens (including phenoxy) is 4. The van der Waals surface area contributed by atoms with Crippen molar-refractivity contribution in [2.24, 2.45) is 0 Å². The van der Waals surface area contributed by atoms with Crippen LogP contribution < -0.4 is 0 Å². The lowest BCUT2D eigenvalue weighted by Gasteiger charge is -2.45. The predicted molar refractivity (Wildman–Crippen MR) is 169 cm³/mol. The molecule has 0 aromatic rings. The molecule has 0 aromatic heterocycles. The maximum Gasteiger partial charge on any atom is 0.187 e. The minimum atomic E-state index is -1.70. The van der Waals surface area contributed by atoms with Crippen LogP contribution in [0.5, 0.6) is 0 Å². The first-order valence-electron chi connectivity index (χ1n) is 17.1. The van der Waals surface area contributed by atoms with Crippen LogP contribution in [-0.4, -0.2) is 128 Å². The van der Waals surface area contributed by atoms with Gasteiger partial charge in [-0.05, 0) is 12.2 Å². The summed E-state index contributed by atoms with van der Waals surface area (Å²) in [5.74, 6) is 1.71. The van der Waals surface area contributed by atoms with Gasteiger partial charge in [-0.3, -0.25) is 0 Å². The maximum absolute atomic E-state index is 10.7. The summed E-state index contributed by atoms with van der Waals surface area (Å²) in [6, 6.07) is 0. The van der Waals surface area contributed by atoms with Crippen LogP contribution in [0.25, 0.3) is 0 Å². The molecule has 2 rings (SSSR count). The average molecular weight is 655 g/mol. The zero-order valence-corrected chi connectivity index (χ0v) is 27.6. The van der Waals surface area contributed by atoms with E-state index in [4.69, 9.17) is 18.9 Å². The molecule has 0 bridgehead atoms. The molecule has 0 radical (unpaired) electrons. The molecule has 0 aliphatic carbocycles. The van der Waals surface area contributed by atoms with Gasteiger partial charge >= 0.3 is 0 Å². The van der Waals surface area contributed by atoms with Gasteiger partial charge in [0, 0.05) is 5.75 Å². The van der Waals surface area contributed by atoms with Crippen molar-refractivity contribution in [3.8, 4) is 0 Å². The van der Waals surface area contributed by atoms with E-state index in [0.717, 1.165) is 12.2 Å². The highest BCUT2D eigenvalue weighted by molar-refractivity contribution is 7.99. The molecular weight excluding hydrogens is 592 g/mol. The largest absolute Gasteiger partial charge is 0.394 e. The van der Waals surface area contributed by atoms with Gasteiger partial charge in [0.25, 0.3) is 0 Å². The van der Waals surface area contributed by atoms with Crippen molar-refractivity contribution in [1.82, 2.24) is 0 Å². The zero-order chi connectivity index (χ0) is 32.2. The smallest absolute Gasteiger partial charge is 0.187 e. The van der Waals surface area contributed by atoms with Gasteiger partial charge in [0.05, 0.1) is 19.8 Å². The van der Waals surface area contributed by atoms with E-state index >= 15 is 0 Å². The molecule has 2 aliphatic heterocycles. The highest BCUT2D eigenvalue weighted by atomic mass is 32.2. The van der Waals surface area contributed by atoms with Gasteiger partial charge in [-0.25, -0.2) is 0 Å². The van der Waals surface area contributed by atoms with Gasteiger partial charge in [0.2, 0.25) is 0 Å². The SMILES string of the molecule is CCCCCCCCCCCCCCCCCCSCCO[C@H]1O[C@H](CO)[C@H](O[C@@H]2O[C@H](CO)[C@H](O)[C@H](O)[C@H]2O)[C@H](O)[C@H]1O. The molecule has 2 heterocycles. The van der Waals surface area contributed by atoms with Crippen LogP contribution in [0.1, 0.15) is 110 Å². The number of aliphatic hydroxyl groups is 7. The van der Waals surface area contributed by atoms with Crippen LogP contribution in [0.2, 0.25) is 0 Å². The maximum atomic E-state index is 10.7. The zero-order valence-electron chi connectivity index (χ0n) is 26.8. The Morgan fingerprint density at radius 3 is 1.52 bits per heavy atom. The van der Waals surface area contributed by atoms with E-state index < -0.39 is 74.6 Å². The lowest BCUT2D eigenvalue weighted by molar-refractivity contribution is -0.359. The molecule has 0 aromatic carbocycles. The molecule has 12 heteroatoms. The Hall–Kier alpha value is -0.0900. The Balaban J connectivity index is 1.49. The van der Waals surface area contributed by atoms with Crippen molar-refractivity contribution in [1.29, 1.82) is 0 Å². The molecule has 2 saturated heterocycles. The summed E-state index contributed by atoms with van der Waals surface area (Å²) in [7, 11) is 0. The summed E-state index contributed by atoms with van der Waals surface area (Å²) >= 11 is 1.76. The molecule has 44 heavy (non-hydrogen) atoms. The van der Waals surface area contributed by atoms with Crippen molar-refractivity contribution in [3.05, 3.63) is 0 Å². The topological polar surface area (TPSA) is 179 Å². The quantitative estimate of drug-likeness (QED) is 0.0717. The van der Waals surface area contributed by atoms with Gasteiger partial charge in [0.15, 0.2) is 12.6 Å². The molecule has 11 nitrogen and oxygen atoms in total. The van der Waals surface area contributed by atoms with E-state index in [9.17, 15) is 35.7 Å². The highest BCUT2D eigenvalue weighted by Gasteiger charge is 2.50. The first-order chi connectivity index (χ1) is 21.3. The molecule has 0 amide bonds. The van der Waals surface area contributed by atoms with E-state index in [-0.39, 0.29) is 6.61 Å². The Bertz CT molecular complexity index is 689. The van der Waals surface area contributed by atoms with E-state index in [1.54, 1.807) is 11.8 Å². The van der Waals surface area contributed by atoms with Crippen LogP contribution in [-0.2, 0) is 18.9 Å². The Morgan fingerprint density at radius 2 is 1.00 bits per heavy atom. The Kier molecular flexibility index (Phi) is 22.0. The summed E-state index contributed by atoms with van der Waals surface area (Å²) in [5.41, 5.74) is 0. The monoisotopic (exact) mass is 654 g/mol. The van der Waals surface area contributed by atoms with Crippen molar-refractivity contribution in [3.63, 3.8) is 0 Å². The first kappa shape index (κ1) is 40.1. The van der Waals surface area contributed by atoms with Crippen molar-refractivity contribution < 1.29 is 54.7 Å². The van der Waals surface area contributed by atoms with Gasteiger partial charge < -0.3 is 54.7 Å². The van der Waals surface area contributed by atoms with Gasteiger partial charge in [0.1, 0.15) is 48.8 Å². The summed E-state index contributed by atoms with van der Waals surface area (Å²) < 4.78 is 22.2. The summed E-state index contributed by atoms with van der Waals surface area (Å²) in [6.45, 7) is 1.32. The van der Waals surface area contributed by atoms with E-state index in [1.165, 1.54) is 96.3 Å². The molecular formula is C32H62O11S. The summed E-state index contributed by atoms with van der Waals surface area (Å²) in [5, 5.41) is 70.6. The number of hydrogen-bond donors (Lipinski definition) is 7. The van der Waals surface area contributed by atoms with Gasteiger partial charge in [-0.1, -0.05) is 103 Å². The third kappa shape index (κ3) is 14.4. The fourth-order valence-electron chi connectivity index (χ4n) is 5.77. The number of thioether (sulfide) groups is 1. The lowest BCUT2D eigenvalue weighted by Crippen LogP contribution is -2.64. The fraction of sp³-hybridized carbons (Fsp3) is 1.00. The van der Waals surface area contributed by atoms with Crippen molar-refractivity contribution >= 4 is 11.8 Å². The number of unbranched alkanes of at least 4 members (excludes halogenated alkanes) is 15. The van der Waals surface area contributed by atoms with Crippen LogP contribution in [0.3, 0.4) is 0 Å². The second-order valence-corrected chi connectivity index (χ2v) is 13.5. The van der Waals surface area contributed by atoms with Crippen LogP contribution in [0.15, 0.2) is 0 Å². The number of aliphatic hydroxyl groups excluding tert-OH is 7. The summed E-state index contributed by atoms with van der Waals surface area (Å²) in [6.07, 6.45) is 7.12. The van der Waals surface area contributed by atoms with Gasteiger partial charge in [-0.15, -0.1) is 0 Å². The molecule has 2 aliphatic rings. The standard InChI is InChI=1S/C32H62O11S/c1-2-3-4-5-6-7-8-9-10-11-12-13-14-15-16-17-19-44-20-18-40-31-29(39)27(37)30(24(22-34)42-31)43-32-28(38)26(36)25(35)23(21-33)41-32/h23-39H,2-22H2,1H3/t23-,24-,25+,26+,27-,28-,29-,30+,31+,32+/m1/s1. The van der Waals surface area contributed by atoms with E-state index in [0.29, 0.717) is 5.75 Å². The molecule has 2 fully saturated rings. The normalized spacial score (nSPS) is 32.7. The lowest BCUT2D eigenvalue weighted by atomic mass is 9.97. The predicted octanol–water partition coefficient (Wildman–Crippen LogP) is 2.62. The van der Waals surface area contributed by atoms with Crippen LogP contribution in [0, 0.1) is 0 Å². The fourth-order valence-corrected chi connectivity index (χ4v) is 6.60. The van der Waals surface area contributed by atoms with E-state index in [1.807, 2.05) is 0 Å². The highest BCUT2D eigenvalue weighted by Crippen LogP contribution is 2.29. The van der Waals surface area contributed by atoms with Crippen LogP contribution in [0.4, 0.5) is 0 Å². The first-order valence-corrected chi connectivity index (χ1v) is 18.3. The second-order valence-electron chi connectivity index (χ2n) is 12.3. The third-order valence-electron chi connectivity index (χ3n) is 8.61. The Morgan fingerprint density at radius 1 is 0.523 bits per heavy atom. The van der Waals surface area contributed by atoms with Crippen LogP contribution >= 0.6 is 11.8 Å². The average Bonchev–Trinajstić information content (AvgIpc) is 3.03. The minimum Gasteiger partial charge on any atom is -0.394 e. The number of rotatable bonds is 25. The third-order valence-corrected chi connectivity index (χ3v) is 9.65. The molecule has 0 unspecified atom stereocenters. The number of hydrogen-bond acceptors (Lipinski definition) is 12. The van der Waals surface area contributed by atoms with Crippen molar-refractivity contribution in [2.45, 2.75) is 171 Å². The molecule has 0 spiro atoms. The second kappa shape index (κ2) is 24.1. The summed E-state index contributed by atoms with van der Waals surface area (Å²) in [4.78, 5) is 0. The molecule has 262 valence electrons. The van der Waals surface area contributed by atoms with Gasteiger partial charge in [-0.2, -0.15) is 11.8 Å². The van der Waals surface area contributed by atoms with E-state index in [2.05, 4.69) is 6.92 Å². The molecule has 7 N–H and O–H groups in total. The molecule has 10 atom stereocenters. The minimum absolute atomic E-state index is 0.286. The molecule has 0 saturated carbocycles. The Labute approximate surface area is 268 Å². The van der Waals surface area contributed by atoms with Crippen molar-refractivity contribution in [2.75, 3.05) is 31.3 Å².